The maximum atomic E-state index is 11.6. The fourth-order valence-electron chi connectivity index (χ4n) is 1.52. The Hall–Kier alpha value is -1.88. The van der Waals surface area contributed by atoms with Crippen LogP contribution < -0.4 is 10.6 Å². The van der Waals surface area contributed by atoms with Gasteiger partial charge in [0.2, 0.25) is 0 Å². The van der Waals surface area contributed by atoms with Gasteiger partial charge in [-0.2, -0.15) is 0 Å². The summed E-state index contributed by atoms with van der Waals surface area (Å²) in [6.45, 7) is 3.30. The molecule has 0 atom stereocenters. The summed E-state index contributed by atoms with van der Waals surface area (Å²) < 4.78 is 0. The molecule has 0 spiro atoms. The molecular weight excluding hydrogens is 246 g/mol. The Morgan fingerprint density at radius 2 is 2.11 bits per heavy atom. The van der Waals surface area contributed by atoms with Crippen LogP contribution in [0.25, 0.3) is 0 Å². The minimum absolute atomic E-state index is 0.0356. The first-order chi connectivity index (χ1) is 8.79. The largest absolute Gasteiger partial charge is 0.380 e. The van der Waals surface area contributed by atoms with Crippen molar-refractivity contribution in [2.45, 2.75) is 13.5 Å². The molecular formula is C13H15N3OS. The summed E-state index contributed by atoms with van der Waals surface area (Å²) in [6.07, 6.45) is 1.85. The molecule has 0 aliphatic rings. The lowest BCUT2D eigenvalue weighted by molar-refractivity contribution is 0.0956. The molecule has 0 bridgehead atoms. The second kappa shape index (κ2) is 6.16. The molecule has 2 rings (SSSR count). The van der Waals surface area contributed by atoms with Crippen molar-refractivity contribution >= 4 is 22.9 Å². The maximum absolute atomic E-state index is 11.6. The van der Waals surface area contributed by atoms with Gasteiger partial charge in [-0.05, 0) is 31.2 Å². The standard InChI is InChI=1S/C13H15N3OS/c1-2-15-13(17)10-3-5-11(6-4-10)16-8-12-7-14-9-18-12/h3-7,9,16H,2,8H2,1H3,(H,15,17). The molecule has 0 radical (unpaired) electrons. The van der Waals surface area contributed by atoms with Gasteiger partial charge in [0.1, 0.15) is 0 Å². The number of carbonyl (C=O) groups is 1. The fourth-order valence-corrected chi connectivity index (χ4v) is 2.06. The van der Waals surface area contributed by atoms with Crippen LogP contribution in [-0.2, 0) is 6.54 Å². The van der Waals surface area contributed by atoms with Crippen LogP contribution in [0.3, 0.4) is 0 Å². The number of rotatable bonds is 5. The number of thiazole rings is 1. The van der Waals surface area contributed by atoms with Crippen molar-refractivity contribution in [1.29, 1.82) is 0 Å². The minimum Gasteiger partial charge on any atom is -0.380 e. The molecule has 0 saturated heterocycles. The quantitative estimate of drug-likeness (QED) is 0.869. The van der Waals surface area contributed by atoms with E-state index >= 15 is 0 Å². The normalized spacial score (nSPS) is 10.1. The molecule has 1 aromatic carbocycles. The Bertz CT molecular complexity index is 493. The van der Waals surface area contributed by atoms with Crippen LogP contribution in [0.5, 0.6) is 0 Å². The zero-order valence-corrected chi connectivity index (χ0v) is 11.0. The molecule has 18 heavy (non-hydrogen) atoms. The van der Waals surface area contributed by atoms with E-state index < -0.39 is 0 Å². The van der Waals surface area contributed by atoms with Gasteiger partial charge < -0.3 is 10.6 Å². The summed E-state index contributed by atoms with van der Waals surface area (Å²) in [7, 11) is 0. The van der Waals surface area contributed by atoms with Gasteiger partial charge >= 0.3 is 0 Å². The van der Waals surface area contributed by atoms with Gasteiger partial charge in [0, 0.05) is 28.9 Å². The lowest BCUT2D eigenvalue weighted by atomic mass is 10.2. The molecule has 94 valence electrons. The van der Waals surface area contributed by atoms with Gasteiger partial charge in [-0.25, -0.2) is 0 Å². The van der Waals surface area contributed by atoms with E-state index in [0.29, 0.717) is 12.1 Å². The summed E-state index contributed by atoms with van der Waals surface area (Å²) in [4.78, 5) is 16.8. The van der Waals surface area contributed by atoms with Crippen LogP contribution >= 0.6 is 11.3 Å². The highest BCUT2D eigenvalue weighted by atomic mass is 32.1. The van der Waals surface area contributed by atoms with Crippen molar-refractivity contribution in [3.8, 4) is 0 Å². The van der Waals surface area contributed by atoms with E-state index in [-0.39, 0.29) is 5.91 Å². The summed E-state index contributed by atoms with van der Waals surface area (Å²) >= 11 is 1.62. The first-order valence-electron chi connectivity index (χ1n) is 5.79. The van der Waals surface area contributed by atoms with Crippen LogP contribution in [0.2, 0.25) is 0 Å². The molecule has 0 unspecified atom stereocenters. The van der Waals surface area contributed by atoms with E-state index in [2.05, 4.69) is 15.6 Å². The molecule has 2 aromatic rings. The Morgan fingerprint density at radius 1 is 1.33 bits per heavy atom. The molecule has 1 aromatic heterocycles. The van der Waals surface area contributed by atoms with Gasteiger partial charge in [0.15, 0.2) is 0 Å². The number of nitrogens with zero attached hydrogens (tertiary/aromatic N) is 1. The highest BCUT2D eigenvalue weighted by molar-refractivity contribution is 7.09. The smallest absolute Gasteiger partial charge is 0.251 e. The molecule has 0 fully saturated rings. The lowest BCUT2D eigenvalue weighted by Gasteiger charge is -2.06. The van der Waals surface area contributed by atoms with Crippen molar-refractivity contribution in [1.82, 2.24) is 10.3 Å². The van der Waals surface area contributed by atoms with Crippen molar-refractivity contribution < 1.29 is 4.79 Å². The minimum atomic E-state index is -0.0356. The Kier molecular flexibility index (Phi) is 4.30. The zero-order valence-electron chi connectivity index (χ0n) is 10.1. The summed E-state index contributed by atoms with van der Waals surface area (Å²) in [5.74, 6) is -0.0356. The molecule has 5 heteroatoms. The third-order valence-electron chi connectivity index (χ3n) is 2.43. The van der Waals surface area contributed by atoms with Gasteiger partial charge in [-0.15, -0.1) is 11.3 Å². The van der Waals surface area contributed by atoms with Crippen LogP contribution in [-0.4, -0.2) is 17.4 Å². The van der Waals surface area contributed by atoms with Gasteiger partial charge in [-0.3, -0.25) is 9.78 Å². The average molecular weight is 261 g/mol. The number of hydrogen-bond acceptors (Lipinski definition) is 4. The van der Waals surface area contributed by atoms with Crippen LogP contribution in [0, 0.1) is 0 Å². The highest BCUT2D eigenvalue weighted by Gasteiger charge is 2.03. The molecule has 0 aliphatic carbocycles. The third-order valence-corrected chi connectivity index (χ3v) is 3.21. The summed E-state index contributed by atoms with van der Waals surface area (Å²) in [5, 5.41) is 6.05. The topological polar surface area (TPSA) is 54.0 Å². The van der Waals surface area contributed by atoms with Crippen molar-refractivity contribution in [3.05, 3.63) is 46.4 Å². The van der Waals surface area contributed by atoms with E-state index in [4.69, 9.17) is 0 Å². The Balaban J connectivity index is 1.93. The fraction of sp³-hybridized carbons (Fsp3) is 0.231. The maximum Gasteiger partial charge on any atom is 0.251 e. The monoisotopic (exact) mass is 261 g/mol. The van der Waals surface area contributed by atoms with Gasteiger partial charge in [0.05, 0.1) is 12.1 Å². The number of amides is 1. The van der Waals surface area contributed by atoms with Crippen molar-refractivity contribution in [2.75, 3.05) is 11.9 Å². The third kappa shape index (κ3) is 3.30. The molecule has 0 aliphatic heterocycles. The van der Waals surface area contributed by atoms with E-state index in [0.717, 1.165) is 12.2 Å². The molecule has 4 nitrogen and oxygen atoms in total. The van der Waals surface area contributed by atoms with E-state index in [1.165, 1.54) is 4.88 Å². The number of nitrogens with one attached hydrogen (secondary N) is 2. The SMILES string of the molecule is CCNC(=O)c1ccc(NCc2cncs2)cc1. The molecule has 1 amide bonds. The second-order valence-corrected chi connectivity index (χ2v) is 4.73. The number of aromatic nitrogens is 1. The van der Waals surface area contributed by atoms with Crippen LogP contribution in [0.4, 0.5) is 5.69 Å². The van der Waals surface area contributed by atoms with Crippen molar-refractivity contribution in [3.63, 3.8) is 0 Å². The lowest BCUT2D eigenvalue weighted by Crippen LogP contribution is -2.22. The number of anilines is 1. The van der Waals surface area contributed by atoms with Crippen molar-refractivity contribution in [2.24, 2.45) is 0 Å². The highest BCUT2D eigenvalue weighted by Crippen LogP contribution is 2.12. The van der Waals surface area contributed by atoms with Crippen LogP contribution in [0.1, 0.15) is 22.2 Å². The van der Waals surface area contributed by atoms with Gasteiger partial charge in [-0.1, -0.05) is 0 Å². The second-order valence-electron chi connectivity index (χ2n) is 3.76. The summed E-state index contributed by atoms with van der Waals surface area (Å²) in [5.41, 5.74) is 3.49. The van der Waals surface area contributed by atoms with E-state index in [9.17, 15) is 4.79 Å². The number of hydrogen-bond donors (Lipinski definition) is 2. The first-order valence-corrected chi connectivity index (χ1v) is 6.67. The Labute approximate surface area is 110 Å². The van der Waals surface area contributed by atoms with E-state index in [1.54, 1.807) is 11.3 Å². The number of carbonyl (C=O) groups excluding carboxylic acids is 1. The Morgan fingerprint density at radius 3 is 2.72 bits per heavy atom. The zero-order chi connectivity index (χ0) is 12.8. The van der Waals surface area contributed by atoms with Crippen LogP contribution in [0.15, 0.2) is 36.0 Å². The van der Waals surface area contributed by atoms with E-state index in [1.807, 2.05) is 42.9 Å². The predicted molar refractivity (Wildman–Crippen MR) is 73.9 cm³/mol. The molecule has 0 saturated carbocycles. The molecule has 2 N–H and O–H groups in total. The average Bonchev–Trinajstić information content (AvgIpc) is 2.90. The summed E-state index contributed by atoms with van der Waals surface area (Å²) in [6, 6.07) is 7.46. The molecule has 1 heterocycles. The number of benzene rings is 1. The predicted octanol–water partition coefficient (Wildman–Crippen LogP) is 2.50. The van der Waals surface area contributed by atoms with Gasteiger partial charge in [0.25, 0.3) is 5.91 Å². The first kappa shape index (κ1) is 12.6.